The zero-order valence-corrected chi connectivity index (χ0v) is 11.3. The van der Waals surface area contributed by atoms with Crippen LogP contribution in [0.3, 0.4) is 0 Å². The molecule has 1 N–H and O–H groups in total. The van der Waals surface area contributed by atoms with Gasteiger partial charge in [0.2, 0.25) is 0 Å². The van der Waals surface area contributed by atoms with E-state index in [0.29, 0.717) is 25.6 Å². The van der Waals surface area contributed by atoms with Gasteiger partial charge in [-0.3, -0.25) is 0 Å². The van der Waals surface area contributed by atoms with Gasteiger partial charge in [0.25, 0.3) is 0 Å². The highest BCUT2D eigenvalue weighted by Gasteiger charge is 2.45. The van der Waals surface area contributed by atoms with Crippen LogP contribution in [-0.4, -0.2) is 28.1 Å². The standard InChI is InChI=1S/C12H12ClF3N2O2/c1-11(10(19)20)3-2-4-18(11)9-8(13)5-7(6-17-9)12(14,15)16/h5-6H,2-4H2,1H3,(H,19,20). The van der Waals surface area contributed by atoms with Gasteiger partial charge in [-0.05, 0) is 25.8 Å². The molecule has 0 spiro atoms. The first-order valence-corrected chi connectivity index (χ1v) is 6.28. The lowest BCUT2D eigenvalue weighted by atomic mass is 9.99. The fourth-order valence-electron chi connectivity index (χ4n) is 2.31. The molecule has 0 saturated carbocycles. The van der Waals surface area contributed by atoms with Gasteiger partial charge in [-0.1, -0.05) is 11.6 Å². The Kier molecular flexibility index (Phi) is 3.58. The summed E-state index contributed by atoms with van der Waals surface area (Å²) in [6.45, 7) is 1.90. The topological polar surface area (TPSA) is 53.4 Å². The third kappa shape index (κ3) is 2.42. The van der Waals surface area contributed by atoms with Gasteiger partial charge in [0.1, 0.15) is 11.4 Å². The summed E-state index contributed by atoms with van der Waals surface area (Å²) in [5, 5.41) is 9.09. The zero-order valence-electron chi connectivity index (χ0n) is 10.5. The van der Waals surface area contributed by atoms with Crippen LogP contribution in [0, 0.1) is 0 Å². The monoisotopic (exact) mass is 308 g/mol. The van der Waals surface area contributed by atoms with E-state index in [2.05, 4.69) is 4.98 Å². The fourth-order valence-corrected chi connectivity index (χ4v) is 2.58. The summed E-state index contributed by atoms with van der Waals surface area (Å²) >= 11 is 5.85. The molecule has 1 fully saturated rings. The second kappa shape index (κ2) is 4.80. The van der Waals surface area contributed by atoms with Gasteiger partial charge in [0.05, 0.1) is 10.6 Å². The van der Waals surface area contributed by atoms with Crippen molar-refractivity contribution >= 4 is 23.4 Å². The van der Waals surface area contributed by atoms with E-state index in [1.54, 1.807) is 0 Å². The molecule has 4 nitrogen and oxygen atoms in total. The first-order valence-electron chi connectivity index (χ1n) is 5.90. The first-order chi connectivity index (χ1) is 9.16. The Morgan fingerprint density at radius 2 is 2.20 bits per heavy atom. The van der Waals surface area contributed by atoms with Crippen LogP contribution in [0.4, 0.5) is 19.0 Å². The second-order valence-corrected chi connectivity index (χ2v) is 5.27. The molecule has 1 aromatic rings. The van der Waals surface area contributed by atoms with Crippen LogP contribution >= 0.6 is 11.6 Å². The Labute approximate surface area is 118 Å². The highest BCUT2D eigenvalue weighted by atomic mass is 35.5. The molecule has 1 saturated heterocycles. The van der Waals surface area contributed by atoms with Gasteiger partial charge in [0.15, 0.2) is 0 Å². The van der Waals surface area contributed by atoms with Gasteiger partial charge in [0, 0.05) is 12.7 Å². The summed E-state index contributed by atoms with van der Waals surface area (Å²) in [4.78, 5) is 16.5. The third-order valence-electron chi connectivity index (χ3n) is 3.51. The van der Waals surface area contributed by atoms with E-state index in [0.717, 1.165) is 6.07 Å². The summed E-state index contributed by atoms with van der Waals surface area (Å²) in [5.41, 5.74) is -2.15. The summed E-state index contributed by atoms with van der Waals surface area (Å²) in [5.74, 6) is -0.977. The number of hydrogen-bond donors (Lipinski definition) is 1. The summed E-state index contributed by atoms with van der Waals surface area (Å²) in [6, 6.07) is 0.768. The second-order valence-electron chi connectivity index (χ2n) is 4.86. The predicted molar refractivity (Wildman–Crippen MR) is 66.9 cm³/mol. The van der Waals surface area contributed by atoms with E-state index in [1.807, 2.05) is 0 Å². The Balaban J connectivity index is 2.42. The SMILES string of the molecule is CC1(C(=O)O)CCCN1c1ncc(C(F)(F)F)cc1Cl. The van der Waals surface area contributed by atoms with E-state index in [4.69, 9.17) is 11.6 Å². The molecule has 0 amide bonds. The summed E-state index contributed by atoms with van der Waals surface area (Å²) in [7, 11) is 0. The predicted octanol–water partition coefficient (Wildman–Crippen LogP) is 3.20. The third-order valence-corrected chi connectivity index (χ3v) is 3.78. The van der Waals surface area contributed by atoms with Gasteiger partial charge in [-0.25, -0.2) is 9.78 Å². The summed E-state index contributed by atoms with van der Waals surface area (Å²) < 4.78 is 37.7. The Morgan fingerprint density at radius 1 is 1.55 bits per heavy atom. The van der Waals surface area contributed by atoms with Crippen LogP contribution in [-0.2, 0) is 11.0 Å². The highest BCUT2D eigenvalue weighted by molar-refractivity contribution is 6.33. The molecule has 0 bridgehead atoms. The number of carbonyl (C=O) groups is 1. The lowest BCUT2D eigenvalue weighted by Gasteiger charge is -2.32. The zero-order chi connectivity index (χ0) is 15.1. The number of aliphatic carboxylic acids is 1. The number of rotatable bonds is 2. The largest absolute Gasteiger partial charge is 0.480 e. The number of aromatic nitrogens is 1. The van der Waals surface area contributed by atoms with Crippen LogP contribution in [0.1, 0.15) is 25.3 Å². The van der Waals surface area contributed by atoms with Crippen molar-refractivity contribution in [2.75, 3.05) is 11.4 Å². The van der Waals surface area contributed by atoms with Crippen LogP contribution in [0.5, 0.6) is 0 Å². The van der Waals surface area contributed by atoms with E-state index < -0.39 is 23.2 Å². The molecular weight excluding hydrogens is 297 g/mol. The lowest BCUT2D eigenvalue weighted by molar-refractivity contribution is -0.142. The molecule has 2 heterocycles. The number of alkyl halides is 3. The van der Waals surface area contributed by atoms with Gasteiger partial charge >= 0.3 is 12.1 Å². The maximum absolute atomic E-state index is 12.6. The number of halogens is 4. The summed E-state index contributed by atoms with van der Waals surface area (Å²) in [6.07, 6.45) is -2.86. The van der Waals surface area contributed by atoms with E-state index in [-0.39, 0.29) is 10.8 Å². The molecule has 20 heavy (non-hydrogen) atoms. The molecule has 1 aliphatic heterocycles. The van der Waals surface area contributed by atoms with Crippen LogP contribution in [0.2, 0.25) is 5.02 Å². The number of pyridine rings is 1. The average Bonchev–Trinajstić information content (AvgIpc) is 2.71. The number of nitrogens with zero attached hydrogens (tertiary/aromatic N) is 2. The van der Waals surface area contributed by atoms with Crippen molar-refractivity contribution in [2.24, 2.45) is 0 Å². The smallest absolute Gasteiger partial charge is 0.417 e. The van der Waals surface area contributed by atoms with Crippen molar-refractivity contribution in [2.45, 2.75) is 31.5 Å². The number of carboxylic acid groups (broad SMARTS) is 1. The molecule has 8 heteroatoms. The number of carboxylic acids is 1. The van der Waals surface area contributed by atoms with Crippen molar-refractivity contribution in [3.63, 3.8) is 0 Å². The molecule has 1 aliphatic rings. The van der Waals surface area contributed by atoms with E-state index >= 15 is 0 Å². The molecule has 0 aliphatic carbocycles. The van der Waals surface area contributed by atoms with Gasteiger partial charge in [-0.2, -0.15) is 13.2 Å². The highest BCUT2D eigenvalue weighted by Crippen LogP contribution is 2.39. The molecule has 0 radical (unpaired) electrons. The Morgan fingerprint density at radius 3 is 2.70 bits per heavy atom. The minimum atomic E-state index is -4.53. The maximum atomic E-state index is 12.6. The first kappa shape index (κ1) is 14.9. The molecular formula is C12H12ClF3N2O2. The molecule has 1 aromatic heterocycles. The minimum Gasteiger partial charge on any atom is -0.480 e. The molecule has 110 valence electrons. The van der Waals surface area contributed by atoms with E-state index in [9.17, 15) is 23.1 Å². The maximum Gasteiger partial charge on any atom is 0.417 e. The van der Waals surface area contributed by atoms with E-state index in [1.165, 1.54) is 11.8 Å². The molecule has 1 atom stereocenters. The lowest BCUT2D eigenvalue weighted by Crippen LogP contribution is -2.48. The number of hydrogen-bond acceptors (Lipinski definition) is 3. The van der Waals surface area contributed by atoms with Crippen LogP contribution < -0.4 is 4.90 Å². The van der Waals surface area contributed by atoms with Crippen molar-refractivity contribution in [1.29, 1.82) is 0 Å². The molecule has 1 unspecified atom stereocenters. The van der Waals surface area contributed by atoms with Crippen molar-refractivity contribution < 1.29 is 23.1 Å². The van der Waals surface area contributed by atoms with Gasteiger partial charge in [-0.15, -0.1) is 0 Å². The Hall–Kier alpha value is -1.50. The van der Waals surface area contributed by atoms with Crippen molar-refractivity contribution in [3.8, 4) is 0 Å². The van der Waals surface area contributed by atoms with Crippen molar-refractivity contribution in [3.05, 3.63) is 22.8 Å². The number of anilines is 1. The molecule has 0 aromatic carbocycles. The van der Waals surface area contributed by atoms with Gasteiger partial charge < -0.3 is 10.0 Å². The fraction of sp³-hybridized carbons (Fsp3) is 0.500. The normalized spacial score (nSPS) is 23.1. The quantitative estimate of drug-likeness (QED) is 0.911. The average molecular weight is 309 g/mol. The van der Waals surface area contributed by atoms with Crippen molar-refractivity contribution in [1.82, 2.24) is 4.98 Å². The van der Waals surface area contributed by atoms with Crippen LogP contribution in [0.25, 0.3) is 0 Å². The minimum absolute atomic E-state index is 0.0714. The molecule has 2 rings (SSSR count). The Bertz CT molecular complexity index is 550. The van der Waals surface area contributed by atoms with Crippen LogP contribution in [0.15, 0.2) is 12.3 Å².